The molecule has 128 valence electrons. The van der Waals surface area contributed by atoms with Crippen LogP contribution in [-0.4, -0.2) is 23.6 Å². The lowest BCUT2D eigenvalue weighted by molar-refractivity contribution is -0.118. The summed E-state index contributed by atoms with van der Waals surface area (Å²) in [5.74, 6) is 1.43. The van der Waals surface area contributed by atoms with Gasteiger partial charge in [0.25, 0.3) is 0 Å². The summed E-state index contributed by atoms with van der Waals surface area (Å²) >= 11 is 1.42. The highest BCUT2D eigenvalue weighted by Gasteiger charge is 2.33. The first-order chi connectivity index (χ1) is 11.3. The van der Waals surface area contributed by atoms with Crippen LogP contribution in [0.5, 0.6) is 11.5 Å². The minimum atomic E-state index is -0.229. The Morgan fingerprint density at radius 1 is 1.42 bits per heavy atom. The molecule has 6 heteroatoms. The summed E-state index contributed by atoms with van der Waals surface area (Å²) in [5.41, 5.74) is 2.68. The van der Waals surface area contributed by atoms with Gasteiger partial charge in [-0.2, -0.15) is 0 Å². The van der Waals surface area contributed by atoms with Gasteiger partial charge in [0.1, 0.15) is 5.60 Å². The average Bonchev–Trinajstić information content (AvgIpc) is 3.08. The van der Waals surface area contributed by atoms with Gasteiger partial charge in [-0.3, -0.25) is 4.79 Å². The van der Waals surface area contributed by atoms with Gasteiger partial charge in [-0.15, -0.1) is 11.3 Å². The van der Waals surface area contributed by atoms with Gasteiger partial charge in [-0.1, -0.05) is 13.8 Å². The van der Waals surface area contributed by atoms with Crippen LogP contribution in [0.25, 0.3) is 11.3 Å². The monoisotopic (exact) mass is 346 g/mol. The molecule has 2 aromatic rings. The van der Waals surface area contributed by atoms with Gasteiger partial charge < -0.3 is 14.8 Å². The zero-order chi connectivity index (χ0) is 17.5. The molecule has 0 saturated carbocycles. The molecule has 1 aliphatic heterocycles. The number of amides is 1. The number of ether oxygens (including phenoxy) is 2. The van der Waals surface area contributed by atoms with E-state index in [2.05, 4.69) is 30.2 Å². The van der Waals surface area contributed by atoms with Crippen LogP contribution in [0.4, 0.5) is 5.13 Å². The number of hydrogen-bond donors (Lipinski definition) is 1. The van der Waals surface area contributed by atoms with Crippen molar-refractivity contribution in [3.63, 3.8) is 0 Å². The van der Waals surface area contributed by atoms with Crippen molar-refractivity contribution in [2.24, 2.45) is 5.92 Å². The molecule has 24 heavy (non-hydrogen) atoms. The molecule has 0 unspecified atom stereocenters. The van der Waals surface area contributed by atoms with Gasteiger partial charge in [-0.05, 0) is 26.0 Å². The van der Waals surface area contributed by atoms with Crippen LogP contribution in [0.3, 0.4) is 0 Å². The second-order valence-corrected chi connectivity index (χ2v) is 7.75. The SMILES string of the molecule is COc1cc(-c2csc(NC(=O)C(C)C)n2)cc2c1OC(C)(C)C2. The first-order valence-corrected chi connectivity index (χ1v) is 8.84. The maximum Gasteiger partial charge on any atom is 0.228 e. The molecule has 0 bridgehead atoms. The van der Waals surface area contributed by atoms with E-state index in [9.17, 15) is 4.79 Å². The van der Waals surface area contributed by atoms with Crippen LogP contribution >= 0.6 is 11.3 Å². The number of benzene rings is 1. The Labute approximate surface area is 146 Å². The lowest BCUT2D eigenvalue weighted by Crippen LogP contribution is -2.24. The summed E-state index contributed by atoms with van der Waals surface area (Å²) in [6, 6.07) is 4.03. The van der Waals surface area contributed by atoms with Gasteiger partial charge in [0, 0.05) is 28.8 Å². The molecule has 1 N–H and O–H groups in total. The van der Waals surface area contributed by atoms with Crippen molar-refractivity contribution >= 4 is 22.4 Å². The van der Waals surface area contributed by atoms with E-state index in [4.69, 9.17) is 9.47 Å². The van der Waals surface area contributed by atoms with Crippen molar-refractivity contribution in [3.8, 4) is 22.8 Å². The molecule has 0 saturated heterocycles. The molecule has 1 aromatic heterocycles. The fraction of sp³-hybridized carbons (Fsp3) is 0.444. The zero-order valence-electron chi connectivity index (χ0n) is 14.6. The number of aromatic nitrogens is 1. The number of nitrogens with one attached hydrogen (secondary N) is 1. The first-order valence-electron chi connectivity index (χ1n) is 7.96. The molecule has 0 radical (unpaired) electrons. The van der Waals surface area contributed by atoms with E-state index in [0.717, 1.165) is 29.0 Å². The second kappa shape index (κ2) is 6.09. The van der Waals surface area contributed by atoms with Crippen LogP contribution in [0.1, 0.15) is 33.3 Å². The summed E-state index contributed by atoms with van der Waals surface area (Å²) in [5, 5.41) is 5.39. The third-order valence-corrected chi connectivity index (χ3v) is 4.66. The fourth-order valence-corrected chi connectivity index (χ4v) is 3.41. The number of anilines is 1. The van der Waals surface area contributed by atoms with Crippen LogP contribution in [0, 0.1) is 5.92 Å². The van der Waals surface area contributed by atoms with Crippen LogP contribution in [0.2, 0.25) is 0 Å². The number of carbonyl (C=O) groups is 1. The minimum absolute atomic E-state index is 0.0300. The van der Waals surface area contributed by atoms with E-state index < -0.39 is 0 Å². The van der Waals surface area contributed by atoms with Crippen molar-refractivity contribution in [1.82, 2.24) is 4.98 Å². The summed E-state index contributed by atoms with van der Waals surface area (Å²) in [4.78, 5) is 16.3. The Morgan fingerprint density at radius 2 is 2.17 bits per heavy atom. The van der Waals surface area contributed by atoms with E-state index in [1.54, 1.807) is 7.11 Å². The predicted octanol–water partition coefficient (Wildman–Crippen LogP) is 4.13. The topological polar surface area (TPSA) is 60.5 Å². The number of rotatable bonds is 4. The summed E-state index contributed by atoms with van der Waals surface area (Å²) in [6.07, 6.45) is 0.827. The highest BCUT2D eigenvalue weighted by atomic mass is 32.1. The van der Waals surface area contributed by atoms with E-state index in [-0.39, 0.29) is 17.4 Å². The molecule has 1 aliphatic rings. The van der Waals surface area contributed by atoms with Gasteiger partial charge in [-0.25, -0.2) is 4.98 Å². The summed E-state index contributed by atoms with van der Waals surface area (Å²) < 4.78 is 11.5. The quantitative estimate of drug-likeness (QED) is 0.904. The third kappa shape index (κ3) is 3.24. The number of hydrogen-bond acceptors (Lipinski definition) is 5. The second-order valence-electron chi connectivity index (χ2n) is 6.89. The molecule has 0 spiro atoms. The van der Waals surface area contributed by atoms with Crippen molar-refractivity contribution in [1.29, 1.82) is 0 Å². The third-order valence-electron chi connectivity index (χ3n) is 3.90. The van der Waals surface area contributed by atoms with Crippen LogP contribution in [0.15, 0.2) is 17.5 Å². The largest absolute Gasteiger partial charge is 0.493 e. The number of methoxy groups -OCH3 is 1. The molecular formula is C18H22N2O3S. The zero-order valence-corrected chi connectivity index (χ0v) is 15.4. The molecule has 3 rings (SSSR count). The summed E-state index contributed by atoms with van der Waals surface area (Å²) in [6.45, 7) is 7.84. The van der Waals surface area contributed by atoms with E-state index >= 15 is 0 Å². The molecule has 0 fully saturated rings. The Morgan fingerprint density at radius 3 is 2.83 bits per heavy atom. The molecular weight excluding hydrogens is 324 g/mol. The molecule has 0 aliphatic carbocycles. The number of carbonyl (C=O) groups excluding carboxylic acids is 1. The van der Waals surface area contributed by atoms with E-state index in [0.29, 0.717) is 10.9 Å². The first kappa shape index (κ1) is 16.8. The number of fused-ring (bicyclic) bond motifs is 1. The van der Waals surface area contributed by atoms with Crippen molar-refractivity contribution < 1.29 is 14.3 Å². The number of nitrogens with zero attached hydrogens (tertiary/aromatic N) is 1. The molecule has 5 nitrogen and oxygen atoms in total. The summed E-state index contributed by atoms with van der Waals surface area (Å²) in [7, 11) is 1.64. The van der Waals surface area contributed by atoms with Gasteiger partial charge >= 0.3 is 0 Å². The van der Waals surface area contributed by atoms with Crippen LogP contribution in [-0.2, 0) is 11.2 Å². The predicted molar refractivity (Wildman–Crippen MR) is 96.0 cm³/mol. The Balaban J connectivity index is 1.91. The average molecular weight is 346 g/mol. The standard InChI is InChI=1S/C18H22N2O3S/c1-10(2)16(21)20-17-19-13(9-24-17)11-6-12-8-18(3,4)23-15(12)14(7-11)22-5/h6-7,9-10H,8H2,1-5H3,(H,19,20,21). The Bertz CT molecular complexity index is 781. The maximum atomic E-state index is 11.8. The fourth-order valence-electron chi connectivity index (χ4n) is 2.69. The normalized spacial score (nSPS) is 15.1. The highest BCUT2D eigenvalue weighted by molar-refractivity contribution is 7.14. The minimum Gasteiger partial charge on any atom is -0.493 e. The van der Waals surface area contributed by atoms with Gasteiger partial charge in [0.2, 0.25) is 5.91 Å². The van der Waals surface area contributed by atoms with Crippen molar-refractivity contribution in [3.05, 3.63) is 23.1 Å². The van der Waals surface area contributed by atoms with Gasteiger partial charge in [0.15, 0.2) is 16.6 Å². The molecule has 1 amide bonds. The van der Waals surface area contributed by atoms with Crippen molar-refractivity contribution in [2.75, 3.05) is 12.4 Å². The Hall–Kier alpha value is -2.08. The molecule has 2 heterocycles. The van der Waals surface area contributed by atoms with E-state index in [1.807, 2.05) is 25.3 Å². The Kier molecular flexibility index (Phi) is 4.25. The van der Waals surface area contributed by atoms with Crippen LogP contribution < -0.4 is 14.8 Å². The smallest absolute Gasteiger partial charge is 0.228 e. The highest BCUT2D eigenvalue weighted by Crippen LogP contribution is 2.44. The molecule has 1 aromatic carbocycles. The maximum absolute atomic E-state index is 11.8. The van der Waals surface area contributed by atoms with Crippen molar-refractivity contribution in [2.45, 2.75) is 39.7 Å². The molecule has 0 atom stereocenters. The lowest BCUT2D eigenvalue weighted by atomic mass is 9.99. The lowest BCUT2D eigenvalue weighted by Gasteiger charge is -2.17. The number of thiazole rings is 1. The van der Waals surface area contributed by atoms with Gasteiger partial charge in [0.05, 0.1) is 12.8 Å². The van der Waals surface area contributed by atoms with E-state index in [1.165, 1.54) is 11.3 Å².